The molecule has 33 heavy (non-hydrogen) atoms. The van der Waals surface area contributed by atoms with Crippen LogP contribution in [-0.4, -0.2) is 57.0 Å². The Hall–Kier alpha value is -3.69. The van der Waals surface area contributed by atoms with Crippen LogP contribution in [0.5, 0.6) is 5.75 Å². The van der Waals surface area contributed by atoms with E-state index in [9.17, 15) is 23.8 Å². The lowest BCUT2D eigenvalue weighted by molar-refractivity contribution is -0.148. The highest BCUT2D eigenvalue weighted by Gasteiger charge is 2.43. The van der Waals surface area contributed by atoms with Gasteiger partial charge in [-0.15, -0.1) is 0 Å². The van der Waals surface area contributed by atoms with Gasteiger partial charge in [0, 0.05) is 18.3 Å². The third-order valence-corrected chi connectivity index (χ3v) is 5.81. The third-order valence-electron chi connectivity index (χ3n) is 5.81. The zero-order valence-electron chi connectivity index (χ0n) is 17.4. The normalized spacial score (nSPS) is 25.7. The van der Waals surface area contributed by atoms with Crippen molar-refractivity contribution in [1.29, 1.82) is 0 Å². The highest BCUT2D eigenvalue weighted by atomic mass is 19.1. The zero-order chi connectivity index (χ0) is 23.1. The molecule has 2 aromatic carbocycles. The summed E-state index contributed by atoms with van der Waals surface area (Å²) in [5.74, 6) is -2.01. The Bertz CT molecular complexity index is 1200. The molecule has 5 rings (SSSR count). The standard InChI is InChI=1S/C24H21F2N3O4/c25-16-6-3-5-15(13-16)20-17-7-4-8-18(26)23(17)33-12-2-1-10-27-14-29(20)28-11-9-19(30)22(31)21(28)24(27)32/h1-9,11,13,19-20,30-31H,10,12,14H2/b2-1-/t19?,20-/m1/s1. The van der Waals surface area contributed by atoms with Crippen molar-refractivity contribution in [2.24, 2.45) is 0 Å². The molecule has 0 spiro atoms. The van der Waals surface area contributed by atoms with Crippen molar-refractivity contribution in [3.05, 3.63) is 101 Å². The Balaban J connectivity index is 1.76. The smallest absolute Gasteiger partial charge is 0.276 e. The number of carbonyl (C=O) groups is 1. The summed E-state index contributed by atoms with van der Waals surface area (Å²) in [5, 5.41) is 23.8. The van der Waals surface area contributed by atoms with Gasteiger partial charge in [0.2, 0.25) is 0 Å². The highest BCUT2D eigenvalue weighted by Crippen LogP contribution is 2.41. The van der Waals surface area contributed by atoms with Crippen molar-refractivity contribution in [2.75, 3.05) is 19.8 Å². The molecule has 2 bridgehead atoms. The van der Waals surface area contributed by atoms with Crippen LogP contribution in [0.25, 0.3) is 0 Å². The SMILES string of the molecule is O=C1C2=C(O)C(O)C=CN2N2CN1C/C=C\COc1c(F)cccc1[C@H]2c1cccc(F)c1. The van der Waals surface area contributed by atoms with Gasteiger partial charge in [-0.2, -0.15) is 5.01 Å². The summed E-state index contributed by atoms with van der Waals surface area (Å²) in [6, 6.07) is 9.61. The molecule has 1 saturated heterocycles. The number of aliphatic hydroxyl groups excluding tert-OH is 2. The van der Waals surface area contributed by atoms with Crippen LogP contribution < -0.4 is 4.74 Å². The first-order chi connectivity index (χ1) is 16.0. The quantitative estimate of drug-likeness (QED) is 0.647. The summed E-state index contributed by atoms with van der Waals surface area (Å²) in [7, 11) is 0. The number of hydrogen-bond donors (Lipinski definition) is 2. The number of fused-ring (bicyclic) bond motifs is 5. The number of rotatable bonds is 1. The van der Waals surface area contributed by atoms with E-state index in [1.54, 1.807) is 35.4 Å². The second-order valence-electron chi connectivity index (χ2n) is 7.87. The number of amides is 1. The fraction of sp³-hybridized carbons (Fsp3) is 0.208. The number of ether oxygens (including phenoxy) is 1. The van der Waals surface area contributed by atoms with E-state index in [2.05, 4.69) is 0 Å². The van der Waals surface area contributed by atoms with Crippen molar-refractivity contribution in [1.82, 2.24) is 14.9 Å². The number of carbonyl (C=O) groups excluding carboxylic acids is 1. The first-order valence-corrected chi connectivity index (χ1v) is 10.4. The van der Waals surface area contributed by atoms with Crippen molar-refractivity contribution >= 4 is 5.91 Å². The maximum Gasteiger partial charge on any atom is 0.276 e. The highest BCUT2D eigenvalue weighted by molar-refractivity contribution is 5.94. The lowest BCUT2D eigenvalue weighted by Gasteiger charge is -2.48. The van der Waals surface area contributed by atoms with Gasteiger partial charge in [0.1, 0.15) is 18.5 Å². The molecule has 1 fully saturated rings. The van der Waals surface area contributed by atoms with Crippen molar-refractivity contribution in [3.63, 3.8) is 0 Å². The fourth-order valence-corrected chi connectivity index (χ4v) is 4.29. The molecule has 0 radical (unpaired) electrons. The number of para-hydroxylation sites is 1. The van der Waals surface area contributed by atoms with Gasteiger partial charge in [-0.1, -0.05) is 30.3 Å². The summed E-state index contributed by atoms with van der Waals surface area (Å²) >= 11 is 0. The number of benzene rings is 2. The second kappa shape index (κ2) is 8.34. The second-order valence-corrected chi connectivity index (χ2v) is 7.87. The van der Waals surface area contributed by atoms with Gasteiger partial charge in [-0.25, -0.2) is 8.78 Å². The largest absolute Gasteiger partial charge is 0.507 e. The minimum absolute atomic E-state index is 0.0116. The van der Waals surface area contributed by atoms with Gasteiger partial charge < -0.3 is 19.8 Å². The van der Waals surface area contributed by atoms with E-state index >= 15 is 0 Å². The Kier molecular flexibility index (Phi) is 5.35. The number of nitrogens with zero attached hydrogens (tertiary/aromatic N) is 3. The number of aliphatic hydroxyl groups is 2. The monoisotopic (exact) mass is 453 g/mol. The maximum absolute atomic E-state index is 14.9. The summed E-state index contributed by atoms with van der Waals surface area (Å²) < 4.78 is 35.0. The fourth-order valence-electron chi connectivity index (χ4n) is 4.29. The minimum Gasteiger partial charge on any atom is -0.507 e. The van der Waals surface area contributed by atoms with E-state index in [0.29, 0.717) is 11.1 Å². The third kappa shape index (κ3) is 3.65. The average molecular weight is 453 g/mol. The molecule has 3 atom stereocenters. The Morgan fingerprint density at radius 1 is 1.09 bits per heavy atom. The molecule has 2 aromatic rings. The van der Waals surface area contributed by atoms with Crippen LogP contribution in [0.15, 0.2) is 78.3 Å². The van der Waals surface area contributed by atoms with Crippen LogP contribution in [-0.2, 0) is 4.79 Å². The predicted octanol–water partition coefficient (Wildman–Crippen LogP) is 2.98. The first-order valence-electron chi connectivity index (χ1n) is 10.4. The Morgan fingerprint density at radius 2 is 1.91 bits per heavy atom. The molecule has 3 aliphatic rings. The van der Waals surface area contributed by atoms with Crippen LogP contribution in [0.2, 0.25) is 0 Å². The average Bonchev–Trinajstić information content (AvgIpc) is 2.82. The van der Waals surface area contributed by atoms with Crippen LogP contribution in [0.3, 0.4) is 0 Å². The molecule has 2 N–H and O–H groups in total. The van der Waals surface area contributed by atoms with E-state index in [-0.39, 0.29) is 31.3 Å². The van der Waals surface area contributed by atoms with E-state index in [1.165, 1.54) is 46.5 Å². The van der Waals surface area contributed by atoms with Gasteiger partial charge in [0.25, 0.3) is 5.91 Å². The van der Waals surface area contributed by atoms with Crippen molar-refractivity contribution in [3.8, 4) is 5.75 Å². The molecule has 2 unspecified atom stereocenters. The molecule has 0 aliphatic carbocycles. The summed E-state index contributed by atoms with van der Waals surface area (Å²) in [6.07, 6.45) is 4.84. The molecule has 170 valence electrons. The van der Waals surface area contributed by atoms with Gasteiger partial charge in [0.05, 0.1) is 12.7 Å². The van der Waals surface area contributed by atoms with Crippen LogP contribution in [0.1, 0.15) is 17.2 Å². The number of hydrazine groups is 1. The molecule has 0 saturated carbocycles. The van der Waals surface area contributed by atoms with Crippen molar-refractivity contribution < 1.29 is 28.5 Å². The van der Waals surface area contributed by atoms with Gasteiger partial charge >= 0.3 is 0 Å². The number of hydrogen-bond acceptors (Lipinski definition) is 6. The van der Waals surface area contributed by atoms with Crippen LogP contribution in [0, 0.1) is 11.6 Å². The molecule has 9 heteroatoms. The molecule has 0 aromatic heterocycles. The minimum atomic E-state index is -1.34. The van der Waals surface area contributed by atoms with E-state index in [1.807, 2.05) is 0 Å². The number of halogens is 2. The van der Waals surface area contributed by atoms with E-state index < -0.39 is 35.4 Å². The maximum atomic E-state index is 14.9. The zero-order valence-corrected chi connectivity index (χ0v) is 17.4. The van der Waals surface area contributed by atoms with Gasteiger partial charge in [0.15, 0.2) is 23.0 Å². The molecular weight excluding hydrogens is 432 g/mol. The van der Waals surface area contributed by atoms with E-state index in [4.69, 9.17) is 4.74 Å². The lowest BCUT2D eigenvalue weighted by atomic mass is 9.96. The first kappa shape index (κ1) is 21.2. The van der Waals surface area contributed by atoms with Gasteiger partial charge in [-0.05, 0) is 35.9 Å². The summed E-state index contributed by atoms with van der Waals surface area (Å²) in [5.41, 5.74) is 0.790. The van der Waals surface area contributed by atoms with Crippen molar-refractivity contribution in [2.45, 2.75) is 12.1 Å². The summed E-state index contributed by atoms with van der Waals surface area (Å²) in [6.45, 7) is 0.317. The predicted molar refractivity (Wildman–Crippen MR) is 114 cm³/mol. The molecule has 7 nitrogen and oxygen atoms in total. The van der Waals surface area contributed by atoms with Crippen LogP contribution >= 0.6 is 0 Å². The topological polar surface area (TPSA) is 76.5 Å². The Morgan fingerprint density at radius 3 is 2.73 bits per heavy atom. The van der Waals surface area contributed by atoms with E-state index in [0.717, 1.165) is 0 Å². The van der Waals surface area contributed by atoms with Gasteiger partial charge in [-0.3, -0.25) is 9.80 Å². The molecule has 1 amide bonds. The molecule has 3 heterocycles. The lowest BCUT2D eigenvalue weighted by Crippen LogP contribution is -2.58. The molecule has 3 aliphatic heterocycles. The Labute approximate surface area is 188 Å². The molecular formula is C24H21F2N3O4. The summed E-state index contributed by atoms with van der Waals surface area (Å²) in [4.78, 5) is 14.7. The van der Waals surface area contributed by atoms with Crippen LogP contribution in [0.4, 0.5) is 8.78 Å².